The van der Waals surface area contributed by atoms with Crippen molar-refractivity contribution in [2.24, 2.45) is 0 Å². The van der Waals surface area contributed by atoms with Crippen LogP contribution in [0.4, 0.5) is 5.69 Å². The molecule has 1 atom stereocenters. The van der Waals surface area contributed by atoms with E-state index in [0.29, 0.717) is 30.8 Å². The molecule has 26 heavy (non-hydrogen) atoms. The van der Waals surface area contributed by atoms with Crippen LogP contribution in [-0.2, 0) is 21.2 Å². The molecule has 0 saturated carbocycles. The summed E-state index contributed by atoms with van der Waals surface area (Å²) in [4.78, 5) is 11.8. The Kier molecular flexibility index (Phi) is 4.54. The van der Waals surface area contributed by atoms with E-state index in [-0.39, 0.29) is 11.8 Å². The third-order valence-corrected chi connectivity index (χ3v) is 7.13. The Hall–Kier alpha value is -2.18. The van der Waals surface area contributed by atoms with Crippen molar-refractivity contribution < 1.29 is 13.2 Å². The first kappa shape index (κ1) is 17.2. The van der Waals surface area contributed by atoms with Crippen LogP contribution in [0.15, 0.2) is 53.4 Å². The summed E-state index contributed by atoms with van der Waals surface area (Å²) in [5.41, 5.74) is 2.81. The van der Waals surface area contributed by atoms with Gasteiger partial charge in [0.15, 0.2) is 0 Å². The lowest BCUT2D eigenvalue weighted by Crippen LogP contribution is -2.39. The van der Waals surface area contributed by atoms with Crippen molar-refractivity contribution in [3.63, 3.8) is 0 Å². The van der Waals surface area contributed by atoms with Crippen molar-refractivity contribution in [2.75, 3.05) is 18.4 Å². The molecule has 136 valence electrons. The topological polar surface area (TPSA) is 66.5 Å². The van der Waals surface area contributed by atoms with E-state index in [9.17, 15) is 13.2 Å². The van der Waals surface area contributed by atoms with Crippen LogP contribution in [0, 0.1) is 0 Å². The number of amides is 1. The molecule has 0 radical (unpaired) electrons. The van der Waals surface area contributed by atoms with Crippen molar-refractivity contribution in [3.05, 3.63) is 59.7 Å². The maximum Gasteiger partial charge on any atom is 0.243 e. The fourth-order valence-electron chi connectivity index (χ4n) is 3.83. The standard InChI is InChI=1S/C20H22N2O3S/c23-20-11-8-16-13-18(9-10-19(16)21-20)26(24,25)22-12-4-7-17(14-22)15-5-2-1-3-6-15/h1-3,5-6,9-10,13,17H,4,7-8,11-12,14H2,(H,21,23)/t17-/m0/s1. The minimum atomic E-state index is -3.53. The highest BCUT2D eigenvalue weighted by molar-refractivity contribution is 7.89. The molecule has 0 spiro atoms. The summed E-state index contributed by atoms with van der Waals surface area (Å²) < 4.78 is 27.9. The van der Waals surface area contributed by atoms with Crippen LogP contribution in [0.3, 0.4) is 0 Å². The number of nitrogens with one attached hydrogen (secondary N) is 1. The average molecular weight is 370 g/mol. The zero-order valence-electron chi connectivity index (χ0n) is 14.5. The van der Waals surface area contributed by atoms with Gasteiger partial charge in [0.2, 0.25) is 15.9 Å². The van der Waals surface area contributed by atoms with E-state index in [4.69, 9.17) is 0 Å². The number of carbonyl (C=O) groups is 1. The Morgan fingerprint density at radius 1 is 1.04 bits per heavy atom. The minimum absolute atomic E-state index is 0.0187. The van der Waals surface area contributed by atoms with Crippen LogP contribution in [0.25, 0.3) is 0 Å². The number of benzene rings is 2. The van der Waals surface area contributed by atoms with E-state index in [0.717, 1.165) is 24.1 Å². The summed E-state index contributed by atoms with van der Waals surface area (Å²) in [7, 11) is -3.53. The number of anilines is 1. The van der Waals surface area contributed by atoms with Gasteiger partial charge < -0.3 is 5.32 Å². The van der Waals surface area contributed by atoms with Gasteiger partial charge in [0, 0.05) is 25.2 Å². The number of aryl methyl sites for hydroxylation is 1. The molecule has 0 unspecified atom stereocenters. The smallest absolute Gasteiger partial charge is 0.243 e. The lowest BCUT2D eigenvalue weighted by molar-refractivity contribution is -0.116. The molecular weight excluding hydrogens is 348 g/mol. The predicted octanol–water partition coefficient (Wildman–Crippen LogP) is 3.14. The van der Waals surface area contributed by atoms with Gasteiger partial charge >= 0.3 is 0 Å². The van der Waals surface area contributed by atoms with E-state index in [1.807, 2.05) is 18.2 Å². The van der Waals surface area contributed by atoms with E-state index >= 15 is 0 Å². The van der Waals surface area contributed by atoms with Crippen LogP contribution in [0.5, 0.6) is 0 Å². The monoisotopic (exact) mass is 370 g/mol. The van der Waals surface area contributed by atoms with Crippen molar-refractivity contribution in [3.8, 4) is 0 Å². The average Bonchev–Trinajstić information content (AvgIpc) is 2.68. The molecule has 2 aliphatic rings. The zero-order valence-corrected chi connectivity index (χ0v) is 15.3. The molecule has 1 N–H and O–H groups in total. The molecule has 1 saturated heterocycles. The van der Waals surface area contributed by atoms with E-state index < -0.39 is 10.0 Å². The highest BCUT2D eigenvalue weighted by Crippen LogP contribution is 2.32. The SMILES string of the molecule is O=C1CCc2cc(S(=O)(=O)N3CCC[C@H](c4ccccc4)C3)ccc2N1. The lowest BCUT2D eigenvalue weighted by atomic mass is 9.92. The molecule has 2 aliphatic heterocycles. The third-order valence-electron chi connectivity index (χ3n) is 5.27. The van der Waals surface area contributed by atoms with E-state index in [1.54, 1.807) is 22.5 Å². The second kappa shape index (κ2) is 6.85. The highest BCUT2D eigenvalue weighted by Gasteiger charge is 2.31. The first-order chi connectivity index (χ1) is 12.5. The molecule has 0 aromatic heterocycles. The highest BCUT2D eigenvalue weighted by atomic mass is 32.2. The summed E-state index contributed by atoms with van der Waals surface area (Å²) in [5.74, 6) is 0.214. The fourth-order valence-corrected chi connectivity index (χ4v) is 5.40. The Morgan fingerprint density at radius 3 is 2.65 bits per heavy atom. The van der Waals surface area contributed by atoms with Gasteiger partial charge in [0.05, 0.1) is 4.90 Å². The van der Waals surface area contributed by atoms with E-state index in [1.165, 1.54) is 5.56 Å². The molecule has 4 rings (SSSR count). The first-order valence-electron chi connectivity index (χ1n) is 9.02. The minimum Gasteiger partial charge on any atom is -0.326 e. The number of fused-ring (bicyclic) bond motifs is 1. The van der Waals surface area contributed by atoms with Crippen molar-refractivity contribution in [1.29, 1.82) is 0 Å². The van der Waals surface area contributed by atoms with Gasteiger partial charge in [0.1, 0.15) is 0 Å². The maximum atomic E-state index is 13.2. The quantitative estimate of drug-likeness (QED) is 0.903. The van der Waals surface area contributed by atoms with Gasteiger partial charge in [-0.2, -0.15) is 4.31 Å². The van der Waals surface area contributed by atoms with Crippen LogP contribution in [-0.4, -0.2) is 31.7 Å². The predicted molar refractivity (Wildman–Crippen MR) is 101 cm³/mol. The molecular formula is C20H22N2O3S. The molecule has 5 nitrogen and oxygen atoms in total. The second-order valence-corrected chi connectivity index (χ2v) is 8.92. The normalized spacial score (nSPS) is 21.1. The Bertz CT molecular complexity index is 925. The molecule has 2 heterocycles. The number of rotatable bonds is 3. The molecule has 0 bridgehead atoms. The van der Waals surface area contributed by atoms with Gasteiger partial charge in [0.25, 0.3) is 0 Å². The van der Waals surface area contributed by atoms with Crippen LogP contribution >= 0.6 is 0 Å². The van der Waals surface area contributed by atoms with Crippen LogP contribution in [0.2, 0.25) is 0 Å². The zero-order chi connectivity index (χ0) is 18.1. The number of piperidine rings is 1. The number of carbonyl (C=O) groups excluding carboxylic acids is 1. The summed E-state index contributed by atoms with van der Waals surface area (Å²) in [6.07, 6.45) is 2.85. The Labute approximate surface area is 154 Å². The molecule has 2 aromatic rings. The number of sulfonamides is 1. The van der Waals surface area contributed by atoms with Gasteiger partial charge in [-0.05, 0) is 54.5 Å². The largest absolute Gasteiger partial charge is 0.326 e. The van der Waals surface area contributed by atoms with E-state index in [2.05, 4.69) is 17.4 Å². The van der Waals surface area contributed by atoms with Crippen molar-refractivity contribution in [2.45, 2.75) is 36.5 Å². The molecule has 1 fully saturated rings. The van der Waals surface area contributed by atoms with Crippen molar-refractivity contribution >= 4 is 21.6 Å². The number of hydrogen-bond donors (Lipinski definition) is 1. The lowest BCUT2D eigenvalue weighted by Gasteiger charge is -2.32. The van der Waals surface area contributed by atoms with Gasteiger partial charge in [-0.1, -0.05) is 30.3 Å². The summed E-state index contributed by atoms with van der Waals surface area (Å²) in [6, 6.07) is 15.2. The Morgan fingerprint density at radius 2 is 1.85 bits per heavy atom. The molecule has 2 aromatic carbocycles. The first-order valence-corrected chi connectivity index (χ1v) is 10.5. The molecule has 1 amide bonds. The second-order valence-electron chi connectivity index (χ2n) is 6.98. The van der Waals surface area contributed by atoms with Gasteiger partial charge in [-0.3, -0.25) is 4.79 Å². The maximum absolute atomic E-state index is 13.2. The number of nitrogens with zero attached hydrogens (tertiary/aromatic N) is 1. The molecule has 6 heteroatoms. The Balaban J connectivity index is 1.59. The molecule has 0 aliphatic carbocycles. The van der Waals surface area contributed by atoms with Gasteiger partial charge in [-0.25, -0.2) is 8.42 Å². The summed E-state index contributed by atoms with van der Waals surface area (Å²) in [6.45, 7) is 1.07. The van der Waals surface area contributed by atoms with Crippen molar-refractivity contribution in [1.82, 2.24) is 4.31 Å². The third kappa shape index (κ3) is 3.27. The van der Waals surface area contributed by atoms with Gasteiger partial charge in [-0.15, -0.1) is 0 Å². The summed E-state index contributed by atoms with van der Waals surface area (Å²) in [5, 5.41) is 2.80. The fraction of sp³-hybridized carbons (Fsp3) is 0.350. The number of hydrogen-bond acceptors (Lipinski definition) is 3. The van der Waals surface area contributed by atoms with Crippen LogP contribution in [0.1, 0.15) is 36.3 Å². The summed E-state index contributed by atoms with van der Waals surface area (Å²) >= 11 is 0. The van der Waals surface area contributed by atoms with Crippen LogP contribution < -0.4 is 5.32 Å².